The van der Waals surface area contributed by atoms with Crippen molar-refractivity contribution in [3.63, 3.8) is 0 Å². The van der Waals surface area contributed by atoms with E-state index in [4.69, 9.17) is 0 Å². The first kappa shape index (κ1) is 15.0. The monoisotopic (exact) mass is 212 g/mol. The van der Waals surface area contributed by atoms with E-state index < -0.39 is 0 Å². The Balaban J connectivity index is 3.96. The van der Waals surface area contributed by atoms with Crippen LogP contribution in [0.15, 0.2) is 0 Å². The lowest BCUT2D eigenvalue weighted by atomic mass is 9.76. The molecule has 15 heavy (non-hydrogen) atoms. The Bertz CT molecular complexity index is 148. The van der Waals surface area contributed by atoms with E-state index in [0.717, 1.165) is 11.8 Å². The van der Waals surface area contributed by atoms with Crippen molar-refractivity contribution < 1.29 is 0 Å². The highest BCUT2D eigenvalue weighted by atomic mass is 14.3. The smallest absolute Gasteiger partial charge is 0.0328 e. The molecular weight excluding hydrogens is 180 g/mol. The van der Waals surface area contributed by atoms with Gasteiger partial charge in [-0.2, -0.15) is 0 Å². The lowest BCUT2D eigenvalue weighted by Gasteiger charge is -2.30. The summed E-state index contributed by atoms with van der Waals surface area (Å²) in [6.07, 6.45) is 8.34. The predicted octanol–water partition coefficient (Wildman–Crippen LogP) is 5.67. The average Bonchev–Trinajstić information content (AvgIpc) is 2.22. The summed E-state index contributed by atoms with van der Waals surface area (Å²) < 4.78 is 0. The van der Waals surface area contributed by atoms with Crippen LogP contribution < -0.4 is 0 Å². The third-order valence-electron chi connectivity index (χ3n) is 4.33. The van der Waals surface area contributed by atoms with Gasteiger partial charge >= 0.3 is 0 Å². The lowest BCUT2D eigenvalue weighted by Crippen LogP contribution is -2.17. The Hall–Kier alpha value is 0. The molecule has 0 heterocycles. The van der Waals surface area contributed by atoms with Crippen molar-refractivity contribution in [3.05, 3.63) is 0 Å². The zero-order valence-electron chi connectivity index (χ0n) is 11.9. The first-order chi connectivity index (χ1) is 6.95. The van der Waals surface area contributed by atoms with Crippen LogP contribution >= 0.6 is 0 Å². The molecule has 0 amide bonds. The Labute approximate surface area is 97.8 Å². The van der Waals surface area contributed by atoms with E-state index >= 15 is 0 Å². The van der Waals surface area contributed by atoms with Gasteiger partial charge in [0.25, 0.3) is 0 Å². The van der Waals surface area contributed by atoms with E-state index in [1.165, 1.54) is 38.5 Å². The second-order valence-electron chi connectivity index (χ2n) is 6.03. The van der Waals surface area contributed by atoms with Crippen LogP contribution in [0.3, 0.4) is 0 Å². The highest BCUT2D eigenvalue weighted by Gasteiger charge is 2.22. The van der Waals surface area contributed by atoms with Gasteiger partial charge in [-0.3, -0.25) is 0 Å². The number of hydrogen-bond donors (Lipinski definition) is 0. The van der Waals surface area contributed by atoms with E-state index in [0.29, 0.717) is 5.41 Å². The number of unbranched alkanes of at least 4 members (excludes halogenated alkanes) is 1. The van der Waals surface area contributed by atoms with Crippen molar-refractivity contribution in [3.8, 4) is 0 Å². The first-order valence-electron chi connectivity index (χ1n) is 6.95. The molecule has 0 rings (SSSR count). The second-order valence-corrected chi connectivity index (χ2v) is 6.03. The first-order valence-corrected chi connectivity index (χ1v) is 6.95. The molecule has 0 aromatic rings. The molecule has 0 nitrogen and oxygen atoms in total. The van der Waals surface area contributed by atoms with Gasteiger partial charge in [-0.05, 0) is 36.5 Å². The Morgan fingerprint density at radius 3 is 2.00 bits per heavy atom. The maximum absolute atomic E-state index is 2.48. The van der Waals surface area contributed by atoms with Crippen molar-refractivity contribution >= 4 is 0 Å². The molecular formula is C15H32. The van der Waals surface area contributed by atoms with Crippen molar-refractivity contribution in [1.29, 1.82) is 0 Å². The lowest BCUT2D eigenvalue weighted by molar-refractivity contribution is 0.218. The fourth-order valence-electron chi connectivity index (χ4n) is 1.99. The average molecular weight is 212 g/mol. The van der Waals surface area contributed by atoms with Crippen LogP contribution in [0.1, 0.15) is 80.1 Å². The van der Waals surface area contributed by atoms with Gasteiger partial charge in [-0.25, -0.2) is 0 Å². The summed E-state index contributed by atoms with van der Waals surface area (Å²) in [5.41, 5.74) is 0.610. The molecule has 92 valence electrons. The molecule has 0 saturated carbocycles. The van der Waals surface area contributed by atoms with Crippen LogP contribution in [0.25, 0.3) is 0 Å². The fourth-order valence-corrected chi connectivity index (χ4v) is 1.99. The minimum atomic E-state index is 0.610. The Kier molecular flexibility index (Phi) is 7.30. The predicted molar refractivity (Wildman–Crippen MR) is 71.2 cm³/mol. The minimum Gasteiger partial charge on any atom is -0.0654 e. The summed E-state index contributed by atoms with van der Waals surface area (Å²) in [5.74, 6) is 1.73. The third kappa shape index (κ3) is 6.22. The summed E-state index contributed by atoms with van der Waals surface area (Å²) in [5, 5.41) is 0. The van der Waals surface area contributed by atoms with Crippen molar-refractivity contribution in [2.75, 3.05) is 0 Å². The van der Waals surface area contributed by atoms with Gasteiger partial charge in [0.2, 0.25) is 0 Å². The number of hydrogen-bond acceptors (Lipinski definition) is 0. The molecule has 0 aliphatic carbocycles. The highest BCUT2D eigenvalue weighted by molar-refractivity contribution is 4.74. The second kappa shape index (κ2) is 7.30. The maximum Gasteiger partial charge on any atom is -0.0328 e. The van der Waals surface area contributed by atoms with Gasteiger partial charge in [0.05, 0.1) is 0 Å². The summed E-state index contributed by atoms with van der Waals surface area (Å²) in [4.78, 5) is 0. The molecule has 0 heteroatoms. The fraction of sp³-hybridized carbons (Fsp3) is 1.00. The molecule has 0 aromatic heterocycles. The van der Waals surface area contributed by atoms with Crippen LogP contribution in [-0.4, -0.2) is 0 Å². The topological polar surface area (TPSA) is 0 Å². The van der Waals surface area contributed by atoms with E-state index in [1.54, 1.807) is 0 Å². The molecule has 0 aromatic carbocycles. The van der Waals surface area contributed by atoms with Crippen molar-refractivity contribution in [2.45, 2.75) is 80.1 Å². The van der Waals surface area contributed by atoms with E-state index in [1.807, 2.05) is 0 Å². The largest absolute Gasteiger partial charge is 0.0654 e. The molecule has 0 N–H and O–H groups in total. The number of rotatable bonds is 8. The summed E-state index contributed by atoms with van der Waals surface area (Å²) in [7, 11) is 0. The quantitative estimate of drug-likeness (QED) is 0.486. The molecule has 2 unspecified atom stereocenters. The standard InChI is InChI=1S/C15H32/c1-7-9-11-15(6,8-2)12-10-14(5)13(3)4/h13-14H,7-12H2,1-6H3. The van der Waals surface area contributed by atoms with Gasteiger partial charge in [0, 0.05) is 0 Å². The summed E-state index contributed by atoms with van der Waals surface area (Å²) in [6, 6.07) is 0. The van der Waals surface area contributed by atoms with E-state index in [-0.39, 0.29) is 0 Å². The molecule has 0 aliphatic heterocycles. The minimum absolute atomic E-state index is 0.610. The SMILES string of the molecule is CCCCC(C)(CC)CCC(C)C(C)C. The maximum atomic E-state index is 2.48. The highest BCUT2D eigenvalue weighted by Crippen LogP contribution is 2.35. The van der Waals surface area contributed by atoms with Crippen LogP contribution in [0.2, 0.25) is 0 Å². The van der Waals surface area contributed by atoms with Gasteiger partial charge in [0.15, 0.2) is 0 Å². The van der Waals surface area contributed by atoms with E-state index in [2.05, 4.69) is 41.5 Å². The molecule has 0 bridgehead atoms. The summed E-state index contributed by atoms with van der Waals surface area (Å²) >= 11 is 0. The molecule has 0 saturated heterocycles. The van der Waals surface area contributed by atoms with Crippen LogP contribution in [0.4, 0.5) is 0 Å². The molecule has 0 fully saturated rings. The molecule has 0 radical (unpaired) electrons. The van der Waals surface area contributed by atoms with Gasteiger partial charge in [-0.1, -0.05) is 60.8 Å². The van der Waals surface area contributed by atoms with Crippen LogP contribution in [-0.2, 0) is 0 Å². The van der Waals surface area contributed by atoms with Gasteiger partial charge in [-0.15, -0.1) is 0 Å². The summed E-state index contributed by atoms with van der Waals surface area (Å²) in [6.45, 7) is 14.2. The zero-order valence-corrected chi connectivity index (χ0v) is 11.9. The normalized spacial score (nSPS) is 17.8. The molecule has 2 atom stereocenters. The van der Waals surface area contributed by atoms with E-state index in [9.17, 15) is 0 Å². The third-order valence-corrected chi connectivity index (χ3v) is 4.33. The molecule has 0 spiro atoms. The zero-order chi connectivity index (χ0) is 11.9. The van der Waals surface area contributed by atoms with Gasteiger partial charge in [0.1, 0.15) is 0 Å². The van der Waals surface area contributed by atoms with Crippen molar-refractivity contribution in [1.82, 2.24) is 0 Å². The van der Waals surface area contributed by atoms with Crippen LogP contribution in [0.5, 0.6) is 0 Å². The van der Waals surface area contributed by atoms with Crippen LogP contribution in [0, 0.1) is 17.3 Å². The van der Waals surface area contributed by atoms with Crippen molar-refractivity contribution in [2.24, 2.45) is 17.3 Å². The van der Waals surface area contributed by atoms with Gasteiger partial charge < -0.3 is 0 Å². The Morgan fingerprint density at radius 2 is 1.60 bits per heavy atom. The molecule has 0 aliphatic rings. The Morgan fingerprint density at radius 1 is 1.00 bits per heavy atom.